The maximum absolute atomic E-state index is 12.1. The van der Waals surface area contributed by atoms with Crippen molar-refractivity contribution in [2.45, 2.75) is 17.6 Å². The Balaban J connectivity index is 2.28. The van der Waals surface area contributed by atoms with Gasteiger partial charge in [-0.05, 0) is 52.2 Å². The van der Waals surface area contributed by atoms with Gasteiger partial charge in [-0.3, -0.25) is 4.72 Å². The number of hydrogen-bond acceptors (Lipinski definition) is 4. The van der Waals surface area contributed by atoms with Crippen LogP contribution < -0.4 is 10.5 Å². The van der Waals surface area contributed by atoms with Crippen LogP contribution in [0.3, 0.4) is 0 Å². The molecule has 0 saturated carbocycles. The lowest BCUT2D eigenvalue weighted by atomic mass is 10.1. The largest absolute Gasteiger partial charge is 0.398 e. The highest BCUT2D eigenvalue weighted by atomic mass is 79.9. The van der Waals surface area contributed by atoms with E-state index < -0.39 is 10.0 Å². The van der Waals surface area contributed by atoms with Gasteiger partial charge in [0.05, 0.1) is 9.47 Å². The summed E-state index contributed by atoms with van der Waals surface area (Å²) in [7, 11) is -3.55. The predicted octanol–water partition coefficient (Wildman–Crippen LogP) is 3.46. The van der Waals surface area contributed by atoms with Crippen LogP contribution >= 0.6 is 27.3 Å². The highest BCUT2D eigenvalue weighted by molar-refractivity contribution is 9.11. The SMILES string of the molecule is CCc1ccc(NS(=O)(=O)c2ccc(Br)s2)cc1N. The van der Waals surface area contributed by atoms with Crippen LogP contribution in [0.25, 0.3) is 0 Å². The first kappa shape index (κ1) is 14.4. The van der Waals surface area contributed by atoms with E-state index in [1.54, 1.807) is 24.3 Å². The molecule has 1 heterocycles. The Morgan fingerprint density at radius 2 is 2.05 bits per heavy atom. The van der Waals surface area contributed by atoms with Crippen LogP contribution in [-0.2, 0) is 16.4 Å². The summed E-state index contributed by atoms with van der Waals surface area (Å²) in [5, 5.41) is 0. The van der Waals surface area contributed by atoms with Crippen molar-refractivity contribution in [1.82, 2.24) is 0 Å². The quantitative estimate of drug-likeness (QED) is 0.820. The van der Waals surface area contributed by atoms with E-state index in [4.69, 9.17) is 5.73 Å². The van der Waals surface area contributed by atoms with E-state index in [1.165, 1.54) is 0 Å². The highest BCUT2D eigenvalue weighted by Gasteiger charge is 2.16. The fourth-order valence-corrected chi connectivity index (χ4v) is 4.69. The van der Waals surface area contributed by atoms with Gasteiger partial charge in [-0.2, -0.15) is 0 Å². The molecule has 1 aromatic heterocycles. The van der Waals surface area contributed by atoms with Crippen LogP contribution in [0.4, 0.5) is 11.4 Å². The molecule has 2 rings (SSSR count). The van der Waals surface area contributed by atoms with Gasteiger partial charge in [0.15, 0.2) is 0 Å². The van der Waals surface area contributed by atoms with Gasteiger partial charge in [0.1, 0.15) is 4.21 Å². The monoisotopic (exact) mass is 360 g/mol. The molecule has 0 spiro atoms. The van der Waals surface area contributed by atoms with Crippen LogP contribution in [0.1, 0.15) is 12.5 Å². The van der Waals surface area contributed by atoms with E-state index in [0.29, 0.717) is 11.4 Å². The Morgan fingerprint density at radius 3 is 2.58 bits per heavy atom. The van der Waals surface area contributed by atoms with Gasteiger partial charge in [0.2, 0.25) is 0 Å². The summed E-state index contributed by atoms with van der Waals surface area (Å²) >= 11 is 4.41. The van der Waals surface area contributed by atoms with E-state index in [9.17, 15) is 8.42 Å². The zero-order valence-corrected chi connectivity index (χ0v) is 13.4. The highest BCUT2D eigenvalue weighted by Crippen LogP contribution is 2.28. The smallest absolute Gasteiger partial charge is 0.271 e. The molecule has 3 N–H and O–H groups in total. The number of hydrogen-bond donors (Lipinski definition) is 2. The molecule has 0 amide bonds. The number of halogens is 1. The average molecular weight is 361 g/mol. The molecule has 0 atom stereocenters. The van der Waals surface area contributed by atoms with Gasteiger partial charge in [0, 0.05) is 5.69 Å². The lowest BCUT2D eigenvalue weighted by Crippen LogP contribution is -2.11. The average Bonchev–Trinajstić information content (AvgIpc) is 2.76. The molecular formula is C12H13BrN2O2S2. The van der Waals surface area contributed by atoms with Crippen LogP contribution in [-0.4, -0.2) is 8.42 Å². The molecular weight excluding hydrogens is 348 g/mol. The van der Waals surface area contributed by atoms with E-state index in [1.807, 2.05) is 13.0 Å². The van der Waals surface area contributed by atoms with Gasteiger partial charge in [-0.25, -0.2) is 8.42 Å². The number of nitrogen functional groups attached to an aromatic ring is 1. The normalized spacial score (nSPS) is 11.5. The second-order valence-corrected chi connectivity index (χ2v) is 8.30. The van der Waals surface area contributed by atoms with Crippen LogP contribution in [0, 0.1) is 0 Å². The molecule has 0 unspecified atom stereocenters. The third kappa shape index (κ3) is 3.29. The zero-order chi connectivity index (χ0) is 14.0. The molecule has 102 valence electrons. The van der Waals surface area contributed by atoms with Crippen molar-refractivity contribution < 1.29 is 8.42 Å². The van der Waals surface area contributed by atoms with E-state index in [0.717, 1.165) is 27.1 Å². The Morgan fingerprint density at radius 1 is 1.32 bits per heavy atom. The van der Waals surface area contributed by atoms with Crippen LogP contribution in [0.2, 0.25) is 0 Å². The molecule has 0 aliphatic heterocycles. The first-order valence-electron chi connectivity index (χ1n) is 5.59. The topological polar surface area (TPSA) is 72.2 Å². The number of nitrogens with two attached hydrogens (primary N) is 1. The summed E-state index contributed by atoms with van der Waals surface area (Å²) in [5.41, 5.74) is 7.92. The maximum atomic E-state index is 12.1. The Bertz CT molecular complexity index is 696. The van der Waals surface area contributed by atoms with Crippen molar-refractivity contribution in [3.05, 3.63) is 39.7 Å². The molecule has 19 heavy (non-hydrogen) atoms. The minimum atomic E-state index is -3.55. The standard InChI is InChI=1S/C12H13BrN2O2S2/c1-2-8-3-4-9(7-10(8)14)15-19(16,17)12-6-5-11(13)18-12/h3-7,15H,2,14H2,1H3. The number of sulfonamides is 1. The second kappa shape index (κ2) is 5.52. The molecule has 0 aliphatic carbocycles. The van der Waals surface area contributed by atoms with Crippen molar-refractivity contribution in [2.24, 2.45) is 0 Å². The minimum Gasteiger partial charge on any atom is -0.398 e. The lowest BCUT2D eigenvalue weighted by molar-refractivity contribution is 0.603. The summed E-state index contributed by atoms with van der Waals surface area (Å²) in [4.78, 5) is 0. The van der Waals surface area contributed by atoms with Gasteiger partial charge in [0.25, 0.3) is 10.0 Å². The molecule has 7 heteroatoms. The van der Waals surface area contributed by atoms with Crippen LogP contribution in [0.5, 0.6) is 0 Å². The number of aryl methyl sites for hydroxylation is 1. The van der Waals surface area contributed by atoms with Crippen molar-refractivity contribution in [3.8, 4) is 0 Å². The Labute approximate surface area is 124 Å². The fourth-order valence-electron chi connectivity index (χ4n) is 1.63. The molecule has 0 radical (unpaired) electrons. The third-order valence-electron chi connectivity index (χ3n) is 2.59. The molecule has 4 nitrogen and oxygen atoms in total. The fraction of sp³-hybridized carbons (Fsp3) is 0.167. The second-order valence-electron chi connectivity index (χ2n) is 3.93. The van der Waals surface area contributed by atoms with Crippen molar-refractivity contribution in [1.29, 1.82) is 0 Å². The summed E-state index contributed by atoms with van der Waals surface area (Å²) in [5.74, 6) is 0. The molecule has 0 bridgehead atoms. The zero-order valence-electron chi connectivity index (χ0n) is 10.2. The van der Waals surface area contributed by atoms with Gasteiger partial charge >= 0.3 is 0 Å². The lowest BCUT2D eigenvalue weighted by Gasteiger charge is -2.09. The summed E-state index contributed by atoms with van der Waals surface area (Å²) < 4.78 is 27.8. The summed E-state index contributed by atoms with van der Waals surface area (Å²) in [6.07, 6.45) is 0.816. The van der Waals surface area contributed by atoms with Crippen LogP contribution in [0.15, 0.2) is 38.3 Å². The molecule has 2 aromatic rings. The van der Waals surface area contributed by atoms with Gasteiger partial charge in [-0.1, -0.05) is 13.0 Å². The third-order valence-corrected chi connectivity index (χ3v) is 6.09. The van der Waals surface area contributed by atoms with Gasteiger partial charge in [-0.15, -0.1) is 11.3 Å². The molecule has 0 saturated heterocycles. The Kier molecular flexibility index (Phi) is 4.17. The molecule has 0 fully saturated rings. The summed E-state index contributed by atoms with van der Waals surface area (Å²) in [6.45, 7) is 2.00. The molecule has 0 aliphatic rings. The molecule has 1 aromatic carbocycles. The van der Waals surface area contributed by atoms with Crippen molar-refractivity contribution in [3.63, 3.8) is 0 Å². The number of thiophene rings is 1. The minimum absolute atomic E-state index is 0.262. The Hall–Kier alpha value is -1.05. The van der Waals surface area contributed by atoms with Gasteiger partial charge < -0.3 is 5.73 Å². The van der Waals surface area contributed by atoms with Crippen molar-refractivity contribution >= 4 is 48.7 Å². The number of nitrogens with one attached hydrogen (secondary N) is 1. The van der Waals surface area contributed by atoms with Crippen molar-refractivity contribution in [2.75, 3.05) is 10.5 Å². The van der Waals surface area contributed by atoms with E-state index in [-0.39, 0.29) is 4.21 Å². The van der Waals surface area contributed by atoms with E-state index in [2.05, 4.69) is 20.7 Å². The van der Waals surface area contributed by atoms with E-state index >= 15 is 0 Å². The maximum Gasteiger partial charge on any atom is 0.271 e. The first-order chi connectivity index (χ1) is 8.92. The predicted molar refractivity (Wildman–Crippen MR) is 83.1 cm³/mol. The number of rotatable bonds is 4. The number of benzene rings is 1. The first-order valence-corrected chi connectivity index (χ1v) is 8.68. The number of anilines is 2. The summed E-state index contributed by atoms with van der Waals surface area (Å²) in [6, 6.07) is 8.45.